The third-order valence-electron chi connectivity index (χ3n) is 1.79. The molecule has 0 N–H and O–H groups in total. The van der Waals surface area contributed by atoms with Gasteiger partial charge in [0.05, 0.1) is 22.2 Å². The molecule has 13 heavy (non-hydrogen) atoms. The highest BCUT2D eigenvalue weighted by Crippen LogP contribution is 2.20. The van der Waals surface area contributed by atoms with Crippen LogP contribution in [0.4, 0.5) is 0 Å². The molecular weight excluding hydrogens is 212 g/mol. The van der Waals surface area contributed by atoms with Gasteiger partial charge in [-0.05, 0) is 20.8 Å². The Labute approximate surface area is 82.6 Å². The maximum atomic E-state index is 11.4. The second kappa shape index (κ2) is 3.31. The zero-order chi connectivity index (χ0) is 10.2. The molecule has 0 radical (unpaired) electrons. The zero-order valence-electron chi connectivity index (χ0n) is 7.70. The lowest BCUT2D eigenvalue weighted by atomic mass is 10.4. The molecule has 0 saturated carbocycles. The van der Waals surface area contributed by atoms with Gasteiger partial charge in [-0.2, -0.15) is 9.19 Å². The molecule has 1 aromatic heterocycles. The first-order valence-electron chi connectivity index (χ1n) is 3.85. The number of aryl methyl sites for hydroxylation is 1. The Kier molecular flexibility index (Phi) is 2.68. The van der Waals surface area contributed by atoms with Gasteiger partial charge in [0.25, 0.3) is 10.0 Å². The predicted octanol–water partition coefficient (Wildman–Crippen LogP) is 1.35. The fraction of sp³-hybridized carbons (Fsp3) is 0.571. The highest BCUT2D eigenvalue weighted by Gasteiger charge is 2.18. The normalized spacial score (nSPS) is 12.0. The van der Waals surface area contributed by atoms with E-state index in [0.29, 0.717) is 16.4 Å². The predicted molar refractivity (Wildman–Crippen MR) is 51.6 cm³/mol. The maximum absolute atomic E-state index is 11.4. The molecule has 6 heteroatoms. The van der Waals surface area contributed by atoms with Crippen LogP contribution in [0.25, 0.3) is 0 Å². The van der Waals surface area contributed by atoms with Crippen LogP contribution >= 0.6 is 11.6 Å². The molecule has 0 unspecified atom stereocenters. The van der Waals surface area contributed by atoms with Gasteiger partial charge >= 0.3 is 0 Å². The molecule has 0 fully saturated rings. The van der Waals surface area contributed by atoms with Crippen molar-refractivity contribution in [2.45, 2.75) is 20.8 Å². The lowest BCUT2D eigenvalue weighted by Crippen LogP contribution is -2.17. The lowest BCUT2D eigenvalue weighted by molar-refractivity contribution is 0.579. The third-order valence-corrected chi connectivity index (χ3v) is 3.95. The molecular formula is C7H11ClN2O2S. The zero-order valence-corrected chi connectivity index (χ0v) is 9.28. The highest BCUT2D eigenvalue weighted by molar-refractivity contribution is 7.89. The van der Waals surface area contributed by atoms with Gasteiger partial charge in [0.1, 0.15) is 0 Å². The van der Waals surface area contributed by atoms with Gasteiger partial charge in [0.2, 0.25) is 0 Å². The van der Waals surface area contributed by atoms with Gasteiger partial charge in [-0.15, -0.1) is 0 Å². The SMILES string of the molecule is CCS(=O)(=O)n1nc(C)c(Cl)c1C. The Bertz CT molecular complexity index is 422. The van der Waals surface area contributed by atoms with Gasteiger partial charge in [0.15, 0.2) is 0 Å². The molecule has 74 valence electrons. The summed E-state index contributed by atoms with van der Waals surface area (Å²) in [5.41, 5.74) is 1.01. The number of nitrogens with zero attached hydrogens (tertiary/aromatic N) is 2. The molecule has 0 spiro atoms. The van der Waals surface area contributed by atoms with Crippen molar-refractivity contribution in [2.24, 2.45) is 0 Å². The third kappa shape index (κ3) is 1.71. The summed E-state index contributed by atoms with van der Waals surface area (Å²) in [4.78, 5) is 0. The average molecular weight is 223 g/mol. The quantitative estimate of drug-likeness (QED) is 0.759. The van der Waals surface area contributed by atoms with E-state index in [9.17, 15) is 8.42 Å². The molecule has 1 rings (SSSR count). The first-order chi connectivity index (χ1) is 5.90. The van der Waals surface area contributed by atoms with E-state index in [-0.39, 0.29) is 5.75 Å². The first-order valence-corrected chi connectivity index (χ1v) is 5.84. The second-order valence-electron chi connectivity index (χ2n) is 2.73. The van der Waals surface area contributed by atoms with Crippen molar-refractivity contribution in [3.05, 3.63) is 16.4 Å². The number of halogens is 1. The standard InChI is InChI=1S/C7H11ClN2O2S/c1-4-13(11,12)10-6(3)7(8)5(2)9-10/h4H2,1-3H3. The van der Waals surface area contributed by atoms with Crippen molar-refractivity contribution < 1.29 is 8.42 Å². The van der Waals surface area contributed by atoms with Crippen molar-refractivity contribution in [1.29, 1.82) is 0 Å². The van der Waals surface area contributed by atoms with Crippen molar-refractivity contribution in [3.63, 3.8) is 0 Å². The Hall–Kier alpha value is -0.550. The summed E-state index contributed by atoms with van der Waals surface area (Å²) in [5.74, 6) is 0.0191. The molecule has 0 bridgehead atoms. The summed E-state index contributed by atoms with van der Waals surface area (Å²) in [5, 5.41) is 4.26. The minimum Gasteiger partial charge on any atom is -0.205 e. The minimum atomic E-state index is -3.31. The fourth-order valence-electron chi connectivity index (χ4n) is 0.994. The van der Waals surface area contributed by atoms with Crippen LogP contribution in [-0.4, -0.2) is 23.4 Å². The summed E-state index contributed by atoms with van der Waals surface area (Å²) in [6, 6.07) is 0. The van der Waals surface area contributed by atoms with E-state index >= 15 is 0 Å². The maximum Gasteiger partial charge on any atom is 0.253 e. The van der Waals surface area contributed by atoms with Gasteiger partial charge in [-0.1, -0.05) is 11.6 Å². The molecule has 0 aliphatic carbocycles. The fourth-order valence-corrected chi connectivity index (χ4v) is 2.16. The van der Waals surface area contributed by atoms with Crippen LogP contribution in [0, 0.1) is 13.8 Å². The highest BCUT2D eigenvalue weighted by atomic mass is 35.5. The second-order valence-corrected chi connectivity index (χ2v) is 5.19. The molecule has 1 heterocycles. The first kappa shape index (κ1) is 10.5. The van der Waals surface area contributed by atoms with E-state index in [1.807, 2.05) is 0 Å². The van der Waals surface area contributed by atoms with E-state index in [4.69, 9.17) is 11.6 Å². The van der Waals surface area contributed by atoms with Gasteiger partial charge < -0.3 is 0 Å². The Balaban J connectivity index is 3.41. The molecule has 0 aromatic carbocycles. The summed E-state index contributed by atoms with van der Waals surface area (Å²) < 4.78 is 23.8. The van der Waals surface area contributed by atoms with E-state index in [1.165, 1.54) is 0 Å². The van der Waals surface area contributed by atoms with E-state index in [0.717, 1.165) is 4.09 Å². The monoisotopic (exact) mass is 222 g/mol. The van der Waals surface area contributed by atoms with Crippen molar-refractivity contribution >= 4 is 21.6 Å². The van der Waals surface area contributed by atoms with Crippen LogP contribution in [0.3, 0.4) is 0 Å². The summed E-state index contributed by atoms with van der Waals surface area (Å²) >= 11 is 5.81. The Morgan fingerprint density at radius 2 is 2.00 bits per heavy atom. The molecule has 4 nitrogen and oxygen atoms in total. The van der Waals surface area contributed by atoms with Crippen LogP contribution < -0.4 is 0 Å². The van der Waals surface area contributed by atoms with Crippen LogP contribution in [0.15, 0.2) is 0 Å². The largest absolute Gasteiger partial charge is 0.253 e. The summed E-state index contributed by atoms with van der Waals surface area (Å²) in [6.07, 6.45) is 0. The number of rotatable bonds is 2. The van der Waals surface area contributed by atoms with Crippen LogP contribution in [0.2, 0.25) is 5.02 Å². The van der Waals surface area contributed by atoms with Gasteiger partial charge in [-0.25, -0.2) is 8.42 Å². The van der Waals surface area contributed by atoms with Gasteiger partial charge in [0, 0.05) is 0 Å². The van der Waals surface area contributed by atoms with Crippen LogP contribution in [-0.2, 0) is 10.0 Å². The molecule has 0 aliphatic rings. The number of aromatic nitrogens is 2. The molecule has 0 amide bonds. The van der Waals surface area contributed by atoms with E-state index in [1.54, 1.807) is 20.8 Å². The van der Waals surface area contributed by atoms with E-state index < -0.39 is 10.0 Å². The molecule has 0 aliphatic heterocycles. The Morgan fingerprint density at radius 1 is 1.46 bits per heavy atom. The van der Waals surface area contributed by atoms with Gasteiger partial charge in [-0.3, -0.25) is 0 Å². The van der Waals surface area contributed by atoms with Crippen LogP contribution in [0.1, 0.15) is 18.3 Å². The van der Waals surface area contributed by atoms with Crippen molar-refractivity contribution in [2.75, 3.05) is 5.75 Å². The van der Waals surface area contributed by atoms with E-state index in [2.05, 4.69) is 5.10 Å². The van der Waals surface area contributed by atoms with Crippen LogP contribution in [0.5, 0.6) is 0 Å². The smallest absolute Gasteiger partial charge is 0.205 e. The number of hydrogen-bond donors (Lipinski definition) is 0. The summed E-state index contributed by atoms with van der Waals surface area (Å²) in [7, 11) is -3.31. The minimum absolute atomic E-state index is 0.0191. The Morgan fingerprint density at radius 3 is 2.31 bits per heavy atom. The summed E-state index contributed by atoms with van der Waals surface area (Å²) in [6.45, 7) is 4.88. The van der Waals surface area contributed by atoms with Crippen molar-refractivity contribution in [1.82, 2.24) is 9.19 Å². The number of hydrogen-bond acceptors (Lipinski definition) is 3. The molecule has 0 saturated heterocycles. The molecule has 0 atom stereocenters. The molecule has 1 aromatic rings. The van der Waals surface area contributed by atoms with Crippen molar-refractivity contribution in [3.8, 4) is 0 Å². The topological polar surface area (TPSA) is 52.0 Å². The lowest BCUT2D eigenvalue weighted by Gasteiger charge is -2.02. The average Bonchev–Trinajstić information content (AvgIpc) is 2.33.